The zero-order chi connectivity index (χ0) is 25.4. The second-order valence-electron chi connectivity index (χ2n) is 10.6. The normalized spacial score (nSPS) is 18.4. The number of hydrogen-bond acceptors (Lipinski definition) is 4. The summed E-state index contributed by atoms with van der Waals surface area (Å²) < 4.78 is 41.6. The molecule has 1 heterocycles. The largest absolute Gasteiger partial charge is 0.490 e. The zero-order valence-corrected chi connectivity index (χ0v) is 21.8. The van der Waals surface area contributed by atoms with Gasteiger partial charge in [0.2, 0.25) is 0 Å². The molecular weight excluding hydrogens is 495 g/mol. The molecule has 0 bridgehead atoms. The van der Waals surface area contributed by atoms with Crippen LogP contribution in [0.25, 0.3) is 0 Å². The van der Waals surface area contributed by atoms with Crippen LogP contribution in [0.3, 0.4) is 0 Å². The quantitative estimate of drug-likeness (QED) is 0.354. The number of hydrogen-bond donors (Lipinski definition) is 0. The first-order valence-electron chi connectivity index (χ1n) is 12.0. The first-order chi connectivity index (χ1) is 16.4. The van der Waals surface area contributed by atoms with Gasteiger partial charge in [-0.3, -0.25) is 4.90 Å². The second kappa shape index (κ2) is 10.2. The van der Waals surface area contributed by atoms with Crippen molar-refractivity contribution < 1.29 is 23.0 Å². The van der Waals surface area contributed by atoms with Crippen molar-refractivity contribution in [2.75, 3.05) is 19.7 Å². The highest BCUT2D eigenvalue weighted by Gasteiger charge is 2.37. The molecule has 4 nitrogen and oxygen atoms in total. The van der Waals surface area contributed by atoms with Crippen LogP contribution in [0.1, 0.15) is 73.9 Å². The summed E-state index contributed by atoms with van der Waals surface area (Å²) >= 11 is 12.2. The number of nitrogens with zero attached hydrogens (tertiary/aromatic N) is 1. The van der Waals surface area contributed by atoms with Crippen molar-refractivity contribution in [3.63, 3.8) is 0 Å². The predicted molar refractivity (Wildman–Crippen MR) is 134 cm³/mol. The Hall–Kier alpha value is -1.89. The molecule has 35 heavy (non-hydrogen) atoms. The molecule has 0 unspecified atom stereocenters. The molecule has 0 amide bonds. The van der Waals surface area contributed by atoms with Gasteiger partial charge in [0.05, 0.1) is 5.56 Å². The number of likely N-dealkylation sites (tertiary alicyclic amines) is 1. The maximum absolute atomic E-state index is 15.6. The molecular formula is C27H31Cl2F2NO3. The summed E-state index contributed by atoms with van der Waals surface area (Å²) in [5, 5.41) is 1.16. The Morgan fingerprint density at radius 2 is 1.71 bits per heavy atom. The minimum absolute atomic E-state index is 0.112. The lowest BCUT2D eigenvalue weighted by Gasteiger charge is -2.36. The van der Waals surface area contributed by atoms with Crippen LogP contribution >= 0.6 is 23.2 Å². The summed E-state index contributed by atoms with van der Waals surface area (Å²) in [4.78, 5) is 14.6. The van der Waals surface area contributed by atoms with E-state index < -0.39 is 23.1 Å². The van der Waals surface area contributed by atoms with Crippen LogP contribution in [0, 0.1) is 5.82 Å². The van der Waals surface area contributed by atoms with Gasteiger partial charge < -0.3 is 9.47 Å². The van der Waals surface area contributed by atoms with Crippen LogP contribution in [0.5, 0.6) is 5.75 Å². The van der Waals surface area contributed by atoms with Gasteiger partial charge in [0.25, 0.3) is 0 Å². The number of ether oxygens (including phenoxy) is 2. The van der Waals surface area contributed by atoms with E-state index in [1.807, 2.05) is 12.1 Å². The molecule has 0 atom stereocenters. The maximum atomic E-state index is 15.6. The van der Waals surface area contributed by atoms with Crippen LogP contribution in [0.4, 0.5) is 8.78 Å². The first-order valence-corrected chi connectivity index (χ1v) is 12.7. The lowest BCUT2D eigenvalue weighted by Crippen LogP contribution is -2.44. The summed E-state index contributed by atoms with van der Waals surface area (Å²) in [5.41, 5.74) is -0.624. The molecule has 0 spiro atoms. The van der Waals surface area contributed by atoms with Gasteiger partial charge in [-0.2, -0.15) is 0 Å². The average Bonchev–Trinajstić information content (AvgIpc) is 3.57. The van der Waals surface area contributed by atoms with Crippen LogP contribution in [0.15, 0.2) is 30.3 Å². The summed E-state index contributed by atoms with van der Waals surface area (Å²) in [7, 11) is 0. The molecule has 1 saturated heterocycles. The van der Waals surface area contributed by atoms with Crippen molar-refractivity contribution in [3.05, 3.63) is 62.9 Å². The molecule has 4 rings (SSSR count). The van der Waals surface area contributed by atoms with Crippen LogP contribution in [-0.4, -0.2) is 41.8 Å². The Morgan fingerprint density at radius 3 is 2.29 bits per heavy atom. The van der Waals surface area contributed by atoms with Gasteiger partial charge in [0.1, 0.15) is 29.4 Å². The van der Waals surface area contributed by atoms with E-state index >= 15 is 4.39 Å². The van der Waals surface area contributed by atoms with Crippen molar-refractivity contribution in [3.8, 4) is 5.75 Å². The zero-order valence-electron chi connectivity index (χ0n) is 20.3. The highest BCUT2D eigenvalue weighted by atomic mass is 35.5. The summed E-state index contributed by atoms with van der Waals surface area (Å²) in [6, 6.07) is 8.13. The van der Waals surface area contributed by atoms with Gasteiger partial charge in [-0.05, 0) is 87.8 Å². The standard InChI is InChI=1S/C27H31Cl2F2NO3/c1-26(2,3)35-25(33)22-13-21(18-4-5-18)24(14-23(22)30)34-16-27(31)6-8-32(9-7-27)15-17-10-19(28)12-20(29)11-17/h10-14,18H,4-9,15-16H2,1-3H3. The summed E-state index contributed by atoms with van der Waals surface area (Å²) in [5.74, 6) is -0.931. The van der Waals surface area contributed by atoms with Crippen LogP contribution in [-0.2, 0) is 11.3 Å². The molecule has 2 fully saturated rings. The first kappa shape index (κ1) is 26.2. The molecule has 190 valence electrons. The third-order valence-electron chi connectivity index (χ3n) is 6.30. The fourth-order valence-corrected chi connectivity index (χ4v) is 4.89. The van der Waals surface area contributed by atoms with E-state index in [1.54, 1.807) is 26.8 Å². The van der Waals surface area contributed by atoms with Crippen molar-refractivity contribution in [1.82, 2.24) is 4.90 Å². The lowest BCUT2D eigenvalue weighted by molar-refractivity contribution is 0.00626. The Kier molecular flexibility index (Phi) is 7.65. The molecule has 8 heteroatoms. The minimum atomic E-state index is -1.51. The monoisotopic (exact) mass is 525 g/mol. The number of piperidine rings is 1. The van der Waals surface area contributed by atoms with E-state index in [0.29, 0.717) is 48.3 Å². The topological polar surface area (TPSA) is 38.8 Å². The van der Waals surface area contributed by atoms with Crippen LogP contribution in [0.2, 0.25) is 10.0 Å². The fraction of sp³-hybridized carbons (Fsp3) is 0.519. The highest BCUT2D eigenvalue weighted by Crippen LogP contribution is 2.45. The third kappa shape index (κ3) is 7.08. The van der Waals surface area contributed by atoms with Crippen molar-refractivity contribution >= 4 is 29.2 Å². The number of esters is 1. The average molecular weight is 526 g/mol. The molecule has 2 aromatic carbocycles. The predicted octanol–water partition coefficient (Wildman–Crippen LogP) is 7.35. The second-order valence-corrected chi connectivity index (χ2v) is 11.5. The van der Waals surface area contributed by atoms with E-state index in [-0.39, 0.29) is 18.1 Å². The van der Waals surface area contributed by atoms with Crippen molar-refractivity contribution in [1.29, 1.82) is 0 Å². The Bertz CT molecular complexity index is 1070. The van der Waals surface area contributed by atoms with E-state index in [2.05, 4.69) is 4.90 Å². The van der Waals surface area contributed by atoms with E-state index in [0.717, 1.165) is 24.0 Å². The molecule has 0 N–H and O–H groups in total. The van der Waals surface area contributed by atoms with E-state index in [1.165, 1.54) is 12.1 Å². The number of benzene rings is 2. The maximum Gasteiger partial charge on any atom is 0.341 e. The Labute approximate surface area is 215 Å². The molecule has 1 saturated carbocycles. The van der Waals surface area contributed by atoms with E-state index in [9.17, 15) is 9.18 Å². The minimum Gasteiger partial charge on any atom is -0.490 e. The number of rotatable bonds is 7. The highest BCUT2D eigenvalue weighted by molar-refractivity contribution is 6.34. The molecule has 1 aliphatic carbocycles. The third-order valence-corrected chi connectivity index (χ3v) is 6.74. The van der Waals surface area contributed by atoms with Crippen molar-refractivity contribution in [2.24, 2.45) is 0 Å². The van der Waals surface area contributed by atoms with Gasteiger partial charge in [0.15, 0.2) is 0 Å². The smallest absolute Gasteiger partial charge is 0.341 e. The Balaban J connectivity index is 1.39. The fourth-order valence-electron chi connectivity index (χ4n) is 4.32. The number of carbonyl (C=O) groups excluding carboxylic acids is 1. The molecule has 2 aromatic rings. The molecule has 0 aromatic heterocycles. The number of carbonyl (C=O) groups is 1. The molecule has 0 radical (unpaired) electrons. The van der Waals surface area contributed by atoms with Gasteiger partial charge in [-0.1, -0.05) is 23.2 Å². The molecule has 1 aliphatic heterocycles. The van der Waals surface area contributed by atoms with Crippen molar-refractivity contribution in [2.45, 2.75) is 70.2 Å². The molecule has 2 aliphatic rings. The van der Waals surface area contributed by atoms with Gasteiger partial charge in [-0.25, -0.2) is 13.6 Å². The number of halogens is 4. The van der Waals surface area contributed by atoms with E-state index in [4.69, 9.17) is 32.7 Å². The van der Waals surface area contributed by atoms with Gasteiger partial charge in [-0.15, -0.1) is 0 Å². The van der Waals surface area contributed by atoms with Crippen LogP contribution < -0.4 is 4.74 Å². The SMILES string of the molecule is CC(C)(C)OC(=O)c1cc(C2CC2)c(OCC2(F)CCN(Cc3cc(Cl)cc(Cl)c3)CC2)cc1F. The lowest BCUT2D eigenvalue weighted by atomic mass is 9.94. The van der Waals surface area contributed by atoms with Gasteiger partial charge in [0, 0.05) is 35.7 Å². The Morgan fingerprint density at radius 1 is 1.09 bits per heavy atom. The number of alkyl halides is 1. The van der Waals surface area contributed by atoms with Gasteiger partial charge >= 0.3 is 5.97 Å². The summed E-state index contributed by atoms with van der Waals surface area (Å²) in [6.45, 7) is 6.81. The summed E-state index contributed by atoms with van der Waals surface area (Å²) in [6.07, 6.45) is 2.47.